The van der Waals surface area contributed by atoms with Gasteiger partial charge in [-0.25, -0.2) is 4.39 Å². The molecule has 1 aromatic rings. The lowest BCUT2D eigenvalue weighted by Gasteiger charge is -2.11. The van der Waals surface area contributed by atoms with Crippen molar-refractivity contribution in [2.45, 2.75) is 25.9 Å². The van der Waals surface area contributed by atoms with E-state index in [2.05, 4.69) is 0 Å². The largest absolute Gasteiger partial charge is 0.454 e. The zero-order valence-electron chi connectivity index (χ0n) is 8.50. The Morgan fingerprint density at radius 1 is 1.40 bits per heavy atom. The smallest absolute Gasteiger partial charge is 0.231 e. The fourth-order valence-corrected chi connectivity index (χ4v) is 1.62. The number of aliphatic hydroxyl groups excluding tert-OH is 1. The molecule has 0 bridgehead atoms. The van der Waals surface area contributed by atoms with Crippen molar-refractivity contribution < 1.29 is 19.0 Å². The number of hydrogen-bond acceptors (Lipinski definition) is 3. The Bertz CT molecular complexity index is 365. The number of hydrogen-bond donors (Lipinski definition) is 1. The highest BCUT2D eigenvalue weighted by Gasteiger charge is 2.20. The topological polar surface area (TPSA) is 38.7 Å². The summed E-state index contributed by atoms with van der Waals surface area (Å²) >= 11 is 0. The Kier molecular flexibility index (Phi) is 2.77. The predicted molar refractivity (Wildman–Crippen MR) is 52.4 cm³/mol. The molecule has 0 aliphatic carbocycles. The highest BCUT2D eigenvalue weighted by molar-refractivity contribution is 5.45. The first-order chi connectivity index (χ1) is 7.22. The van der Waals surface area contributed by atoms with Gasteiger partial charge in [-0.2, -0.15) is 0 Å². The fourth-order valence-electron chi connectivity index (χ4n) is 1.62. The van der Waals surface area contributed by atoms with E-state index in [-0.39, 0.29) is 12.4 Å². The molecule has 3 nitrogen and oxygen atoms in total. The van der Waals surface area contributed by atoms with Gasteiger partial charge in [0.2, 0.25) is 6.79 Å². The zero-order valence-corrected chi connectivity index (χ0v) is 8.50. The summed E-state index contributed by atoms with van der Waals surface area (Å²) in [6, 6.07) is 2.77. The van der Waals surface area contributed by atoms with Crippen LogP contribution < -0.4 is 9.47 Å². The second-order valence-corrected chi connectivity index (χ2v) is 3.53. The van der Waals surface area contributed by atoms with Crippen molar-refractivity contribution in [2.24, 2.45) is 0 Å². The van der Waals surface area contributed by atoms with E-state index in [1.807, 2.05) is 6.92 Å². The van der Waals surface area contributed by atoms with Gasteiger partial charge in [-0.1, -0.05) is 13.3 Å². The van der Waals surface area contributed by atoms with Crippen LogP contribution >= 0.6 is 0 Å². The molecule has 1 aliphatic rings. The number of ether oxygens (including phenoxy) is 2. The number of aliphatic hydroxyl groups is 1. The summed E-state index contributed by atoms with van der Waals surface area (Å²) in [4.78, 5) is 0. The maximum atomic E-state index is 13.5. The number of halogens is 1. The minimum absolute atomic E-state index is 0.113. The molecule has 0 saturated heterocycles. The molecule has 2 rings (SSSR count). The highest BCUT2D eigenvalue weighted by atomic mass is 19.1. The Morgan fingerprint density at radius 2 is 2.07 bits per heavy atom. The molecule has 1 atom stereocenters. The third-order valence-electron chi connectivity index (χ3n) is 2.41. The summed E-state index contributed by atoms with van der Waals surface area (Å²) in [7, 11) is 0. The maximum absolute atomic E-state index is 13.5. The van der Waals surface area contributed by atoms with Crippen LogP contribution in [0.25, 0.3) is 0 Å². The van der Waals surface area contributed by atoms with E-state index in [4.69, 9.17) is 9.47 Å². The maximum Gasteiger partial charge on any atom is 0.231 e. The highest BCUT2D eigenvalue weighted by Crippen LogP contribution is 2.36. The molecule has 82 valence electrons. The molecule has 1 heterocycles. The molecule has 0 radical (unpaired) electrons. The van der Waals surface area contributed by atoms with Gasteiger partial charge in [-0.05, 0) is 12.5 Å². The number of benzene rings is 1. The summed E-state index contributed by atoms with van der Waals surface area (Å²) in [6.07, 6.45) is 0.565. The van der Waals surface area contributed by atoms with E-state index in [0.717, 1.165) is 6.42 Å². The molecule has 1 N–H and O–H groups in total. The van der Waals surface area contributed by atoms with Crippen molar-refractivity contribution >= 4 is 0 Å². The third kappa shape index (κ3) is 1.90. The van der Waals surface area contributed by atoms with Crippen LogP contribution in [0.1, 0.15) is 31.4 Å². The lowest BCUT2D eigenvalue weighted by Crippen LogP contribution is -2.00. The molecule has 0 amide bonds. The molecule has 0 spiro atoms. The summed E-state index contributed by atoms with van der Waals surface area (Å²) in [5, 5.41) is 9.70. The van der Waals surface area contributed by atoms with Crippen LogP contribution in [-0.4, -0.2) is 11.9 Å². The minimum Gasteiger partial charge on any atom is -0.454 e. The Labute approximate surface area is 87.4 Å². The standard InChI is InChI=1S/C11H13FO3/c1-2-3-9(13)7-4-10-11(5-8(7)12)15-6-14-10/h4-5,9,13H,2-3,6H2,1H3. The molecule has 15 heavy (non-hydrogen) atoms. The third-order valence-corrected chi connectivity index (χ3v) is 2.41. The van der Waals surface area contributed by atoms with Crippen LogP contribution in [0.4, 0.5) is 4.39 Å². The normalized spacial score (nSPS) is 15.4. The van der Waals surface area contributed by atoms with E-state index in [9.17, 15) is 9.50 Å². The lowest BCUT2D eigenvalue weighted by atomic mass is 10.0. The summed E-state index contributed by atoms with van der Waals surface area (Å²) in [5.41, 5.74) is 0.279. The first-order valence-corrected chi connectivity index (χ1v) is 4.99. The number of fused-ring (bicyclic) bond motifs is 1. The molecule has 4 heteroatoms. The van der Waals surface area contributed by atoms with E-state index < -0.39 is 11.9 Å². The molecule has 1 unspecified atom stereocenters. The number of rotatable bonds is 3. The second-order valence-electron chi connectivity index (χ2n) is 3.53. The van der Waals surface area contributed by atoms with E-state index in [1.165, 1.54) is 12.1 Å². The van der Waals surface area contributed by atoms with Crippen LogP contribution in [0.5, 0.6) is 11.5 Å². The van der Waals surface area contributed by atoms with Gasteiger partial charge in [0.1, 0.15) is 5.82 Å². The van der Waals surface area contributed by atoms with Crippen molar-refractivity contribution in [3.63, 3.8) is 0 Å². The molecule has 0 saturated carbocycles. The van der Waals surface area contributed by atoms with E-state index in [0.29, 0.717) is 17.9 Å². The first kappa shape index (κ1) is 10.2. The van der Waals surface area contributed by atoms with Gasteiger partial charge in [0, 0.05) is 11.6 Å². The van der Waals surface area contributed by atoms with Gasteiger partial charge in [-0.3, -0.25) is 0 Å². The molecule has 0 aromatic heterocycles. The molecule has 1 aliphatic heterocycles. The van der Waals surface area contributed by atoms with Crippen LogP contribution in [0, 0.1) is 5.82 Å². The van der Waals surface area contributed by atoms with Crippen molar-refractivity contribution in [1.82, 2.24) is 0 Å². The van der Waals surface area contributed by atoms with Gasteiger partial charge in [-0.15, -0.1) is 0 Å². The first-order valence-electron chi connectivity index (χ1n) is 4.99. The van der Waals surface area contributed by atoms with Crippen molar-refractivity contribution in [2.75, 3.05) is 6.79 Å². The molecule has 1 aromatic carbocycles. The Hall–Kier alpha value is -1.29. The Balaban J connectivity index is 2.31. The second kappa shape index (κ2) is 4.06. The van der Waals surface area contributed by atoms with Gasteiger partial charge >= 0.3 is 0 Å². The molecular formula is C11H13FO3. The summed E-state index contributed by atoms with van der Waals surface area (Å²) in [6.45, 7) is 2.05. The monoisotopic (exact) mass is 212 g/mol. The average molecular weight is 212 g/mol. The van der Waals surface area contributed by atoms with Gasteiger partial charge in [0.15, 0.2) is 11.5 Å². The van der Waals surface area contributed by atoms with Crippen LogP contribution in [0.3, 0.4) is 0 Å². The molecule has 0 fully saturated rings. The lowest BCUT2D eigenvalue weighted by molar-refractivity contribution is 0.161. The average Bonchev–Trinajstić information content (AvgIpc) is 2.63. The zero-order chi connectivity index (χ0) is 10.8. The van der Waals surface area contributed by atoms with Crippen molar-refractivity contribution in [3.8, 4) is 11.5 Å². The van der Waals surface area contributed by atoms with Crippen molar-refractivity contribution in [3.05, 3.63) is 23.5 Å². The minimum atomic E-state index is -0.774. The predicted octanol–water partition coefficient (Wildman–Crippen LogP) is 2.39. The van der Waals surface area contributed by atoms with Crippen LogP contribution in [-0.2, 0) is 0 Å². The Morgan fingerprint density at radius 3 is 2.73 bits per heavy atom. The summed E-state index contributed by atoms with van der Waals surface area (Å²) < 4.78 is 23.7. The van der Waals surface area contributed by atoms with Gasteiger partial charge < -0.3 is 14.6 Å². The van der Waals surface area contributed by atoms with Gasteiger partial charge in [0.05, 0.1) is 6.10 Å². The van der Waals surface area contributed by atoms with Crippen molar-refractivity contribution in [1.29, 1.82) is 0 Å². The SMILES string of the molecule is CCCC(O)c1cc2c(cc1F)OCO2. The van der Waals surface area contributed by atoms with Gasteiger partial charge in [0.25, 0.3) is 0 Å². The fraction of sp³-hybridized carbons (Fsp3) is 0.455. The molecular weight excluding hydrogens is 199 g/mol. The van der Waals surface area contributed by atoms with Crippen LogP contribution in [0.2, 0.25) is 0 Å². The van der Waals surface area contributed by atoms with E-state index in [1.54, 1.807) is 0 Å². The van der Waals surface area contributed by atoms with E-state index >= 15 is 0 Å². The van der Waals surface area contributed by atoms with Crippen LogP contribution in [0.15, 0.2) is 12.1 Å². The quantitative estimate of drug-likeness (QED) is 0.836. The summed E-state index contributed by atoms with van der Waals surface area (Å²) in [5.74, 6) is 0.460.